The van der Waals surface area contributed by atoms with Crippen molar-refractivity contribution in [3.05, 3.63) is 21.4 Å². The molecule has 2 aliphatic rings. The Balaban J connectivity index is 1.52. The number of nitrogens with one attached hydrogen (secondary N) is 2. The molecule has 2 aliphatic carbocycles. The van der Waals surface area contributed by atoms with Gasteiger partial charge in [-0.05, 0) is 49.7 Å². The van der Waals surface area contributed by atoms with Gasteiger partial charge in [-0.2, -0.15) is 0 Å². The Hall–Kier alpha value is -1.40. The van der Waals surface area contributed by atoms with Crippen LogP contribution in [-0.2, 0) is 17.6 Å². The highest BCUT2D eigenvalue weighted by molar-refractivity contribution is 7.14. The molecule has 1 aromatic heterocycles. The monoisotopic (exact) mass is 336 g/mol. The molecule has 5 nitrogen and oxygen atoms in total. The van der Waals surface area contributed by atoms with Gasteiger partial charge in [0.05, 0.1) is 16.9 Å². The SMILES string of the molecule is CC1CCc2sc(C(=O)NNC(=O)CC3(O)CCCC3)cc2C1. The van der Waals surface area contributed by atoms with Gasteiger partial charge in [0.15, 0.2) is 0 Å². The number of rotatable bonds is 3. The summed E-state index contributed by atoms with van der Waals surface area (Å²) in [5, 5.41) is 10.2. The molecule has 0 aliphatic heterocycles. The molecule has 1 unspecified atom stereocenters. The lowest BCUT2D eigenvalue weighted by Gasteiger charge is -2.21. The van der Waals surface area contributed by atoms with Crippen molar-refractivity contribution in [2.24, 2.45) is 5.92 Å². The van der Waals surface area contributed by atoms with E-state index in [1.165, 1.54) is 28.2 Å². The second-order valence-corrected chi connectivity index (χ2v) is 8.15. The van der Waals surface area contributed by atoms with Crippen molar-refractivity contribution in [1.29, 1.82) is 0 Å². The number of aryl methyl sites for hydroxylation is 1. The molecule has 0 radical (unpaired) electrons. The smallest absolute Gasteiger partial charge is 0.279 e. The van der Waals surface area contributed by atoms with Crippen LogP contribution in [0.25, 0.3) is 0 Å². The third kappa shape index (κ3) is 3.93. The number of hydrogen-bond donors (Lipinski definition) is 3. The van der Waals surface area contributed by atoms with Crippen molar-refractivity contribution in [2.45, 2.75) is 63.9 Å². The van der Waals surface area contributed by atoms with Gasteiger partial charge in [-0.15, -0.1) is 11.3 Å². The second-order valence-electron chi connectivity index (χ2n) is 7.02. The summed E-state index contributed by atoms with van der Waals surface area (Å²) in [4.78, 5) is 26.0. The third-order valence-electron chi connectivity index (χ3n) is 4.89. The van der Waals surface area contributed by atoms with E-state index in [0.717, 1.165) is 25.7 Å². The Labute approximate surface area is 140 Å². The van der Waals surface area contributed by atoms with E-state index < -0.39 is 5.60 Å². The predicted octanol–water partition coefficient (Wildman–Crippen LogP) is 2.33. The first-order chi connectivity index (χ1) is 11.0. The Bertz CT molecular complexity index is 605. The molecule has 6 heteroatoms. The molecule has 1 saturated carbocycles. The Kier molecular flexibility index (Phi) is 4.73. The Morgan fingerprint density at radius 1 is 1.35 bits per heavy atom. The standard InChI is InChI=1S/C17H24N2O3S/c1-11-4-5-13-12(8-11)9-14(23-13)16(21)19-18-15(20)10-17(22)6-2-3-7-17/h9,11,22H,2-8,10H2,1H3,(H,18,20)(H,19,21). The zero-order chi connectivity index (χ0) is 16.4. The average molecular weight is 336 g/mol. The van der Waals surface area contributed by atoms with E-state index in [2.05, 4.69) is 17.8 Å². The van der Waals surface area contributed by atoms with Crippen LogP contribution in [0, 0.1) is 5.92 Å². The van der Waals surface area contributed by atoms with E-state index in [9.17, 15) is 14.7 Å². The van der Waals surface area contributed by atoms with Gasteiger partial charge in [0.2, 0.25) is 5.91 Å². The molecule has 1 heterocycles. The first-order valence-electron chi connectivity index (χ1n) is 8.38. The van der Waals surface area contributed by atoms with Crippen LogP contribution >= 0.6 is 11.3 Å². The van der Waals surface area contributed by atoms with E-state index in [-0.39, 0.29) is 18.2 Å². The summed E-state index contributed by atoms with van der Waals surface area (Å²) in [6.07, 6.45) is 6.50. The normalized spacial score (nSPS) is 22.4. The fourth-order valence-electron chi connectivity index (χ4n) is 3.56. The van der Waals surface area contributed by atoms with E-state index in [1.807, 2.05) is 6.07 Å². The maximum atomic E-state index is 12.2. The maximum Gasteiger partial charge on any atom is 0.279 e. The highest BCUT2D eigenvalue weighted by Gasteiger charge is 2.33. The lowest BCUT2D eigenvalue weighted by molar-refractivity contribution is -0.126. The molecule has 1 aromatic rings. The van der Waals surface area contributed by atoms with E-state index in [4.69, 9.17) is 0 Å². The first-order valence-corrected chi connectivity index (χ1v) is 9.20. The van der Waals surface area contributed by atoms with Crippen LogP contribution in [0.5, 0.6) is 0 Å². The zero-order valence-corrected chi connectivity index (χ0v) is 14.3. The van der Waals surface area contributed by atoms with Crippen LogP contribution in [0.4, 0.5) is 0 Å². The van der Waals surface area contributed by atoms with Crippen LogP contribution in [-0.4, -0.2) is 22.5 Å². The fraction of sp³-hybridized carbons (Fsp3) is 0.647. The van der Waals surface area contributed by atoms with Gasteiger partial charge in [-0.25, -0.2) is 0 Å². The van der Waals surface area contributed by atoms with E-state index >= 15 is 0 Å². The number of carbonyl (C=O) groups is 2. The molecular formula is C17H24N2O3S. The predicted molar refractivity (Wildman–Crippen MR) is 89.2 cm³/mol. The van der Waals surface area contributed by atoms with Crippen LogP contribution < -0.4 is 10.9 Å². The third-order valence-corrected chi connectivity index (χ3v) is 6.13. The molecule has 2 amide bonds. The number of thiophene rings is 1. The number of hydrogen-bond acceptors (Lipinski definition) is 4. The van der Waals surface area contributed by atoms with Gasteiger partial charge in [-0.1, -0.05) is 19.8 Å². The quantitative estimate of drug-likeness (QED) is 0.741. The van der Waals surface area contributed by atoms with Crippen LogP contribution in [0.2, 0.25) is 0 Å². The van der Waals surface area contributed by atoms with Crippen molar-refractivity contribution >= 4 is 23.2 Å². The molecule has 126 valence electrons. The van der Waals surface area contributed by atoms with Gasteiger partial charge in [0.25, 0.3) is 5.91 Å². The number of carbonyl (C=O) groups excluding carboxylic acids is 2. The number of hydrazine groups is 1. The number of aliphatic hydroxyl groups is 1. The molecule has 3 rings (SSSR count). The number of amides is 2. The summed E-state index contributed by atoms with van der Waals surface area (Å²) in [6.45, 7) is 2.23. The maximum absolute atomic E-state index is 12.2. The minimum atomic E-state index is -0.896. The zero-order valence-electron chi connectivity index (χ0n) is 13.5. The van der Waals surface area contributed by atoms with Gasteiger partial charge in [0.1, 0.15) is 0 Å². The van der Waals surface area contributed by atoms with Crippen molar-refractivity contribution in [3.8, 4) is 0 Å². The van der Waals surface area contributed by atoms with E-state index in [1.54, 1.807) is 0 Å². The summed E-state index contributed by atoms with van der Waals surface area (Å²) in [5.74, 6) is 0.0568. The van der Waals surface area contributed by atoms with Crippen molar-refractivity contribution in [1.82, 2.24) is 10.9 Å². The van der Waals surface area contributed by atoms with Crippen LogP contribution in [0.15, 0.2) is 6.07 Å². The minimum Gasteiger partial charge on any atom is -0.389 e. The van der Waals surface area contributed by atoms with Crippen molar-refractivity contribution in [3.63, 3.8) is 0 Å². The summed E-state index contributed by atoms with van der Waals surface area (Å²) in [6, 6.07) is 1.95. The second kappa shape index (κ2) is 6.61. The van der Waals surface area contributed by atoms with Crippen molar-refractivity contribution in [2.75, 3.05) is 0 Å². The minimum absolute atomic E-state index is 0.0474. The summed E-state index contributed by atoms with van der Waals surface area (Å²) < 4.78 is 0. The fourth-order valence-corrected chi connectivity index (χ4v) is 4.66. The lowest BCUT2D eigenvalue weighted by Crippen LogP contribution is -2.44. The summed E-state index contributed by atoms with van der Waals surface area (Å²) in [5.41, 5.74) is 5.27. The van der Waals surface area contributed by atoms with Gasteiger partial charge < -0.3 is 5.11 Å². The van der Waals surface area contributed by atoms with Gasteiger partial charge in [-0.3, -0.25) is 20.4 Å². The van der Waals surface area contributed by atoms with Gasteiger partial charge >= 0.3 is 0 Å². The summed E-state index contributed by atoms with van der Waals surface area (Å²) in [7, 11) is 0. The summed E-state index contributed by atoms with van der Waals surface area (Å²) >= 11 is 1.52. The van der Waals surface area contributed by atoms with E-state index in [0.29, 0.717) is 23.6 Å². The Morgan fingerprint density at radius 2 is 2.09 bits per heavy atom. The molecule has 23 heavy (non-hydrogen) atoms. The molecule has 0 aromatic carbocycles. The molecular weight excluding hydrogens is 312 g/mol. The lowest BCUT2D eigenvalue weighted by atomic mass is 9.90. The molecule has 3 N–H and O–H groups in total. The topological polar surface area (TPSA) is 78.4 Å². The largest absolute Gasteiger partial charge is 0.389 e. The highest BCUT2D eigenvalue weighted by atomic mass is 32.1. The van der Waals surface area contributed by atoms with Gasteiger partial charge in [0, 0.05) is 4.88 Å². The van der Waals surface area contributed by atoms with Crippen LogP contribution in [0.1, 0.15) is 65.6 Å². The Morgan fingerprint density at radius 3 is 2.83 bits per heavy atom. The average Bonchev–Trinajstić information content (AvgIpc) is 3.10. The molecule has 0 bridgehead atoms. The molecule has 0 spiro atoms. The highest BCUT2D eigenvalue weighted by Crippen LogP contribution is 2.33. The first kappa shape index (κ1) is 16.5. The number of fused-ring (bicyclic) bond motifs is 1. The van der Waals surface area contributed by atoms with Crippen LogP contribution in [0.3, 0.4) is 0 Å². The molecule has 0 saturated heterocycles. The molecule has 1 atom stereocenters. The molecule has 1 fully saturated rings. The van der Waals surface area contributed by atoms with Crippen molar-refractivity contribution < 1.29 is 14.7 Å².